The predicted octanol–water partition coefficient (Wildman–Crippen LogP) is 10.5. The van der Waals surface area contributed by atoms with Crippen LogP contribution in [-0.4, -0.2) is 14.5 Å². The number of fused-ring (bicyclic) bond motifs is 4. The predicted molar refractivity (Wildman–Crippen MR) is 175 cm³/mol. The van der Waals surface area contributed by atoms with E-state index in [4.69, 9.17) is 14.4 Å². The van der Waals surface area contributed by atoms with Gasteiger partial charge in [-0.05, 0) is 83.8 Å². The Morgan fingerprint density at radius 3 is 2.12 bits per heavy atom. The minimum Gasteiger partial charge on any atom is -0.455 e. The fraction of sp³-hybridized carbons (Fsp3) is 0.211. The van der Waals surface area contributed by atoms with Crippen LogP contribution in [0.15, 0.2) is 95.4 Å². The molecule has 0 unspecified atom stereocenters. The Bertz CT molecular complexity index is 2100. The van der Waals surface area contributed by atoms with E-state index in [2.05, 4.69) is 124 Å². The van der Waals surface area contributed by atoms with Gasteiger partial charge in [0.1, 0.15) is 16.7 Å². The summed E-state index contributed by atoms with van der Waals surface area (Å²) >= 11 is 0. The van der Waals surface area contributed by atoms with Crippen molar-refractivity contribution < 1.29 is 4.42 Å². The molecule has 4 aromatic carbocycles. The monoisotopic (exact) mass is 549 g/mol. The molecule has 7 aromatic rings. The Kier molecular flexibility index (Phi) is 6.23. The van der Waals surface area contributed by atoms with E-state index in [1.807, 2.05) is 13.0 Å². The van der Waals surface area contributed by atoms with E-state index in [1.165, 1.54) is 27.9 Å². The molecule has 0 bridgehead atoms. The molecule has 42 heavy (non-hydrogen) atoms. The molecule has 0 saturated carbocycles. The van der Waals surface area contributed by atoms with E-state index in [-0.39, 0.29) is 0 Å². The lowest BCUT2D eigenvalue weighted by atomic mass is 9.92. The zero-order chi connectivity index (χ0) is 29.1. The molecule has 0 aliphatic rings. The largest absolute Gasteiger partial charge is 0.455 e. The molecule has 0 spiro atoms. The summed E-state index contributed by atoms with van der Waals surface area (Å²) in [5, 5.41) is 2.19. The van der Waals surface area contributed by atoms with Gasteiger partial charge in [0.15, 0.2) is 11.5 Å². The maximum atomic E-state index is 6.73. The van der Waals surface area contributed by atoms with E-state index in [1.54, 1.807) is 0 Å². The Hall–Kier alpha value is -4.70. The lowest BCUT2D eigenvalue weighted by Crippen LogP contribution is -2.09. The lowest BCUT2D eigenvalue weighted by molar-refractivity contribution is 0.669. The fourth-order valence-corrected chi connectivity index (χ4v) is 6.25. The van der Waals surface area contributed by atoms with Crippen LogP contribution < -0.4 is 0 Å². The van der Waals surface area contributed by atoms with Gasteiger partial charge in [0.25, 0.3) is 0 Å². The number of furan rings is 1. The number of rotatable bonds is 5. The molecule has 4 heteroatoms. The van der Waals surface area contributed by atoms with Crippen molar-refractivity contribution in [3.8, 4) is 28.2 Å². The summed E-state index contributed by atoms with van der Waals surface area (Å²) in [6.45, 7) is 13.2. The van der Waals surface area contributed by atoms with Crippen LogP contribution >= 0.6 is 0 Å². The Balaban J connectivity index is 1.55. The summed E-state index contributed by atoms with van der Waals surface area (Å²) in [7, 11) is 0. The van der Waals surface area contributed by atoms with E-state index in [9.17, 15) is 0 Å². The van der Waals surface area contributed by atoms with E-state index < -0.39 is 0 Å². The molecular weight excluding hydrogens is 514 g/mol. The third kappa shape index (κ3) is 4.13. The summed E-state index contributed by atoms with van der Waals surface area (Å²) in [5.74, 6) is 1.51. The van der Waals surface area contributed by atoms with Gasteiger partial charge >= 0.3 is 0 Å². The number of hydrogen-bond donors (Lipinski definition) is 0. The molecule has 0 saturated heterocycles. The quantitative estimate of drug-likeness (QED) is 0.214. The topological polar surface area (TPSA) is 43.9 Å². The van der Waals surface area contributed by atoms with Crippen molar-refractivity contribution in [2.45, 2.75) is 53.4 Å². The van der Waals surface area contributed by atoms with Crippen molar-refractivity contribution in [3.63, 3.8) is 0 Å². The van der Waals surface area contributed by atoms with Gasteiger partial charge in [0.05, 0.1) is 11.3 Å². The van der Waals surface area contributed by atoms with Crippen LogP contribution in [0.1, 0.15) is 61.9 Å². The third-order valence-corrected chi connectivity index (χ3v) is 8.41. The minimum absolute atomic E-state index is 0.329. The summed E-state index contributed by atoms with van der Waals surface area (Å²) in [6.07, 6.45) is 0. The van der Waals surface area contributed by atoms with Gasteiger partial charge in [0.2, 0.25) is 0 Å². The van der Waals surface area contributed by atoms with Crippen molar-refractivity contribution in [3.05, 3.63) is 113 Å². The number of hydrogen-bond acceptors (Lipinski definition) is 3. The summed E-state index contributed by atoms with van der Waals surface area (Å²) in [5.41, 5.74) is 12.7. The molecule has 3 aromatic heterocycles. The summed E-state index contributed by atoms with van der Waals surface area (Å²) in [6, 6.07) is 32.2. The van der Waals surface area contributed by atoms with Crippen molar-refractivity contribution in [2.75, 3.05) is 0 Å². The first-order valence-electron chi connectivity index (χ1n) is 14.8. The molecule has 0 aliphatic heterocycles. The van der Waals surface area contributed by atoms with E-state index in [0.717, 1.165) is 55.7 Å². The minimum atomic E-state index is 0.329. The second-order valence-electron chi connectivity index (χ2n) is 12.0. The van der Waals surface area contributed by atoms with Gasteiger partial charge < -0.3 is 4.42 Å². The van der Waals surface area contributed by atoms with Gasteiger partial charge in [-0.25, -0.2) is 9.97 Å². The molecule has 0 fully saturated rings. The second kappa shape index (κ2) is 9.99. The van der Waals surface area contributed by atoms with E-state index in [0.29, 0.717) is 11.8 Å². The SMILES string of the molecule is Cc1ccc2nc(-c3cccc4c3oc3cc(-c5ccccc5C)ccc34)n(-c3c(C(C)C)cccc3C(C)C)c2n1. The Morgan fingerprint density at radius 2 is 1.38 bits per heavy atom. The fourth-order valence-electron chi connectivity index (χ4n) is 6.25. The van der Waals surface area contributed by atoms with Gasteiger partial charge in [-0.15, -0.1) is 0 Å². The Labute approximate surface area is 246 Å². The van der Waals surface area contributed by atoms with Crippen LogP contribution in [0.4, 0.5) is 0 Å². The van der Waals surface area contributed by atoms with Gasteiger partial charge in [-0.2, -0.15) is 0 Å². The van der Waals surface area contributed by atoms with Crippen molar-refractivity contribution in [2.24, 2.45) is 0 Å². The standard InChI is InChI=1S/C38H35N3O/c1-22(2)27-13-9-14-28(23(3)4)35(27)41-37(40-33-20-17-25(6)39-38(33)41)32-16-10-15-31-30-19-18-26(21-34(30)42-36(31)32)29-12-8-7-11-24(29)5/h7-23H,1-6H3. The van der Waals surface area contributed by atoms with Crippen molar-refractivity contribution in [1.82, 2.24) is 14.5 Å². The number of aromatic nitrogens is 3. The number of pyridine rings is 1. The maximum absolute atomic E-state index is 6.73. The summed E-state index contributed by atoms with van der Waals surface area (Å²) < 4.78 is 9.02. The first-order chi connectivity index (χ1) is 20.3. The number of imidazole rings is 1. The van der Waals surface area contributed by atoms with E-state index >= 15 is 0 Å². The number of para-hydroxylation sites is 2. The lowest BCUT2D eigenvalue weighted by Gasteiger charge is -2.22. The van der Waals surface area contributed by atoms with Crippen LogP contribution in [0.3, 0.4) is 0 Å². The van der Waals surface area contributed by atoms with Gasteiger partial charge in [-0.1, -0.05) is 88.4 Å². The van der Waals surface area contributed by atoms with Crippen LogP contribution in [0.5, 0.6) is 0 Å². The van der Waals surface area contributed by atoms with Crippen LogP contribution in [0.2, 0.25) is 0 Å². The highest BCUT2D eigenvalue weighted by molar-refractivity contribution is 6.10. The Morgan fingerprint density at radius 1 is 0.667 bits per heavy atom. The summed E-state index contributed by atoms with van der Waals surface area (Å²) in [4.78, 5) is 10.3. The third-order valence-electron chi connectivity index (χ3n) is 8.41. The molecule has 3 heterocycles. The molecule has 0 atom stereocenters. The average Bonchev–Trinajstić information content (AvgIpc) is 3.54. The van der Waals surface area contributed by atoms with Gasteiger partial charge in [-0.3, -0.25) is 4.57 Å². The molecule has 0 amide bonds. The van der Waals surface area contributed by atoms with Gasteiger partial charge in [0, 0.05) is 16.5 Å². The van der Waals surface area contributed by atoms with Crippen molar-refractivity contribution >= 4 is 33.1 Å². The highest BCUT2D eigenvalue weighted by atomic mass is 16.3. The normalized spacial score (nSPS) is 12.0. The maximum Gasteiger partial charge on any atom is 0.165 e. The van der Waals surface area contributed by atoms with Crippen LogP contribution in [0, 0.1) is 13.8 Å². The highest BCUT2D eigenvalue weighted by Gasteiger charge is 2.25. The van der Waals surface area contributed by atoms with Crippen LogP contribution in [-0.2, 0) is 0 Å². The first kappa shape index (κ1) is 26.2. The smallest absolute Gasteiger partial charge is 0.165 e. The number of nitrogens with zero attached hydrogens (tertiary/aromatic N) is 3. The van der Waals surface area contributed by atoms with Crippen molar-refractivity contribution in [1.29, 1.82) is 0 Å². The zero-order valence-electron chi connectivity index (χ0n) is 25.1. The van der Waals surface area contributed by atoms with Crippen LogP contribution in [0.25, 0.3) is 61.3 Å². The molecule has 0 radical (unpaired) electrons. The molecule has 0 aliphatic carbocycles. The molecule has 4 nitrogen and oxygen atoms in total. The highest BCUT2D eigenvalue weighted by Crippen LogP contribution is 2.41. The number of aryl methyl sites for hydroxylation is 2. The molecular formula is C38H35N3O. The molecule has 208 valence electrons. The zero-order valence-corrected chi connectivity index (χ0v) is 25.1. The average molecular weight is 550 g/mol. The molecule has 7 rings (SSSR count). The second-order valence-corrected chi connectivity index (χ2v) is 12.0. The molecule has 0 N–H and O–H groups in total. The number of benzene rings is 4. The first-order valence-corrected chi connectivity index (χ1v) is 14.8.